The fourth-order valence-electron chi connectivity index (χ4n) is 1.80. The zero-order valence-corrected chi connectivity index (χ0v) is 11.4. The van der Waals surface area contributed by atoms with Gasteiger partial charge in [0.05, 0.1) is 7.11 Å². The summed E-state index contributed by atoms with van der Waals surface area (Å²) in [6.45, 7) is 1.99. The maximum atomic E-state index is 5.89. The molecule has 0 aliphatic rings. The first-order valence-corrected chi connectivity index (χ1v) is 5.70. The van der Waals surface area contributed by atoms with Gasteiger partial charge in [0.1, 0.15) is 5.75 Å². The van der Waals surface area contributed by atoms with Crippen LogP contribution >= 0.6 is 12.4 Å². The summed E-state index contributed by atoms with van der Waals surface area (Å²) < 4.78 is 5.23. The molecule has 18 heavy (non-hydrogen) atoms. The van der Waals surface area contributed by atoms with Crippen molar-refractivity contribution in [2.45, 2.75) is 13.0 Å². The quantitative estimate of drug-likeness (QED) is 0.914. The minimum absolute atomic E-state index is 0. The lowest BCUT2D eigenvalue weighted by Gasteiger charge is -2.09. The van der Waals surface area contributed by atoms with Crippen LogP contribution < -0.4 is 10.5 Å². The summed E-state index contributed by atoms with van der Waals surface area (Å²) >= 11 is 0. The number of benzene rings is 2. The third-order valence-electron chi connectivity index (χ3n) is 2.82. The highest BCUT2D eigenvalue weighted by Gasteiger charge is 2.03. The van der Waals surface area contributed by atoms with Crippen molar-refractivity contribution in [2.75, 3.05) is 7.11 Å². The smallest absolute Gasteiger partial charge is 0.119 e. The van der Waals surface area contributed by atoms with Gasteiger partial charge >= 0.3 is 0 Å². The number of hydrogen-bond acceptors (Lipinski definition) is 2. The summed E-state index contributed by atoms with van der Waals surface area (Å²) in [7, 11) is 1.68. The molecule has 0 heterocycles. The molecule has 0 amide bonds. The van der Waals surface area contributed by atoms with Gasteiger partial charge in [0.15, 0.2) is 0 Å². The molecule has 0 aliphatic carbocycles. The molecule has 2 aromatic carbocycles. The predicted molar refractivity (Wildman–Crippen MR) is 78.3 cm³/mol. The van der Waals surface area contributed by atoms with E-state index in [1.165, 1.54) is 5.56 Å². The molecule has 0 bridgehead atoms. The van der Waals surface area contributed by atoms with Crippen molar-refractivity contribution in [1.29, 1.82) is 0 Å². The Morgan fingerprint density at radius 1 is 1.00 bits per heavy atom. The first kappa shape index (κ1) is 14.6. The van der Waals surface area contributed by atoms with E-state index in [0.29, 0.717) is 0 Å². The van der Waals surface area contributed by atoms with E-state index < -0.39 is 0 Å². The number of ether oxygens (including phenoxy) is 1. The fourth-order valence-corrected chi connectivity index (χ4v) is 1.80. The van der Waals surface area contributed by atoms with E-state index in [-0.39, 0.29) is 18.4 Å². The fraction of sp³-hybridized carbons (Fsp3) is 0.200. The molecule has 2 rings (SSSR count). The second-order valence-corrected chi connectivity index (χ2v) is 4.15. The van der Waals surface area contributed by atoms with Crippen LogP contribution in [-0.4, -0.2) is 7.11 Å². The number of hydrogen-bond donors (Lipinski definition) is 1. The molecule has 96 valence electrons. The van der Waals surface area contributed by atoms with E-state index in [1.54, 1.807) is 7.11 Å². The predicted octanol–water partition coefficient (Wildman–Crippen LogP) is 3.80. The highest BCUT2D eigenvalue weighted by molar-refractivity contribution is 5.85. The molecule has 0 aromatic heterocycles. The van der Waals surface area contributed by atoms with Gasteiger partial charge < -0.3 is 10.5 Å². The molecule has 2 aromatic rings. The summed E-state index contributed by atoms with van der Waals surface area (Å²) in [6, 6.07) is 16.4. The van der Waals surface area contributed by atoms with E-state index in [4.69, 9.17) is 10.5 Å². The van der Waals surface area contributed by atoms with Gasteiger partial charge in [0.2, 0.25) is 0 Å². The lowest BCUT2D eigenvalue weighted by atomic mass is 10.0. The van der Waals surface area contributed by atoms with Gasteiger partial charge in [-0.25, -0.2) is 0 Å². The zero-order chi connectivity index (χ0) is 12.3. The van der Waals surface area contributed by atoms with Gasteiger partial charge in [-0.2, -0.15) is 0 Å². The van der Waals surface area contributed by atoms with Gasteiger partial charge in [0, 0.05) is 6.04 Å². The van der Waals surface area contributed by atoms with Gasteiger partial charge in [-0.3, -0.25) is 0 Å². The molecule has 2 nitrogen and oxygen atoms in total. The molecule has 0 saturated heterocycles. The van der Waals surface area contributed by atoms with E-state index in [2.05, 4.69) is 18.2 Å². The van der Waals surface area contributed by atoms with Crippen molar-refractivity contribution < 1.29 is 4.74 Å². The maximum absolute atomic E-state index is 5.89. The topological polar surface area (TPSA) is 35.2 Å². The number of nitrogens with two attached hydrogens (primary N) is 1. The normalized spacial score (nSPS) is 11.5. The van der Waals surface area contributed by atoms with Crippen LogP contribution in [0.4, 0.5) is 0 Å². The Morgan fingerprint density at radius 3 is 2.22 bits per heavy atom. The number of halogens is 1. The molecule has 0 fully saturated rings. The van der Waals surface area contributed by atoms with Crippen molar-refractivity contribution in [2.24, 2.45) is 5.73 Å². The van der Waals surface area contributed by atoms with Crippen LogP contribution in [0.15, 0.2) is 48.5 Å². The second kappa shape index (κ2) is 6.43. The molecule has 2 N–H and O–H groups in total. The minimum Gasteiger partial charge on any atom is -0.497 e. The molecule has 0 radical (unpaired) electrons. The number of rotatable bonds is 3. The second-order valence-electron chi connectivity index (χ2n) is 4.15. The summed E-state index contributed by atoms with van der Waals surface area (Å²) in [5.74, 6) is 0.869. The first-order chi connectivity index (χ1) is 8.20. The Bertz CT molecular complexity index is 511. The van der Waals surface area contributed by atoms with Crippen molar-refractivity contribution in [3.8, 4) is 16.9 Å². The highest BCUT2D eigenvalue weighted by atomic mass is 35.5. The van der Waals surface area contributed by atoms with Crippen LogP contribution in [0, 0.1) is 0 Å². The minimum atomic E-state index is 0. The standard InChI is InChI=1S/C15H17NO.ClH/c1-11(16)12-5-3-6-13(9-12)14-7-4-8-15(10-14)17-2;/h3-11H,16H2,1-2H3;1H/t11-;/m1./s1. The lowest BCUT2D eigenvalue weighted by molar-refractivity contribution is 0.415. The van der Waals surface area contributed by atoms with Gasteiger partial charge in [-0.15, -0.1) is 12.4 Å². The first-order valence-electron chi connectivity index (χ1n) is 5.70. The van der Waals surface area contributed by atoms with Crippen LogP contribution in [0.25, 0.3) is 11.1 Å². The molecular weight excluding hydrogens is 246 g/mol. The Labute approximate surface area is 114 Å². The van der Waals surface area contributed by atoms with E-state index in [1.807, 2.05) is 37.3 Å². The Morgan fingerprint density at radius 2 is 1.61 bits per heavy atom. The Balaban J connectivity index is 0.00000162. The number of methoxy groups -OCH3 is 1. The highest BCUT2D eigenvalue weighted by Crippen LogP contribution is 2.25. The third-order valence-corrected chi connectivity index (χ3v) is 2.82. The average Bonchev–Trinajstić information content (AvgIpc) is 2.39. The molecule has 0 unspecified atom stereocenters. The SMILES string of the molecule is COc1cccc(-c2cccc([C@@H](C)N)c2)c1.Cl. The van der Waals surface area contributed by atoms with Crippen molar-refractivity contribution >= 4 is 12.4 Å². The molecule has 0 saturated carbocycles. The summed E-state index contributed by atoms with van der Waals surface area (Å²) in [4.78, 5) is 0. The molecule has 0 aliphatic heterocycles. The van der Waals surface area contributed by atoms with Crippen LogP contribution in [0.3, 0.4) is 0 Å². The zero-order valence-electron chi connectivity index (χ0n) is 10.6. The van der Waals surface area contributed by atoms with E-state index >= 15 is 0 Å². The Kier molecular flexibility index (Phi) is 5.20. The monoisotopic (exact) mass is 263 g/mol. The van der Waals surface area contributed by atoms with Crippen molar-refractivity contribution in [1.82, 2.24) is 0 Å². The van der Waals surface area contributed by atoms with Crippen LogP contribution in [0.5, 0.6) is 5.75 Å². The van der Waals surface area contributed by atoms with Gasteiger partial charge in [-0.05, 0) is 41.8 Å². The Hall–Kier alpha value is -1.51. The average molecular weight is 264 g/mol. The summed E-state index contributed by atoms with van der Waals surface area (Å²) in [6.07, 6.45) is 0. The van der Waals surface area contributed by atoms with Crippen LogP contribution in [0.1, 0.15) is 18.5 Å². The molecule has 0 spiro atoms. The van der Waals surface area contributed by atoms with Crippen molar-refractivity contribution in [3.63, 3.8) is 0 Å². The molecular formula is C15H18ClNO. The van der Waals surface area contributed by atoms with Crippen LogP contribution in [0.2, 0.25) is 0 Å². The molecule has 1 atom stereocenters. The van der Waals surface area contributed by atoms with E-state index in [9.17, 15) is 0 Å². The molecule has 3 heteroatoms. The summed E-state index contributed by atoms with van der Waals surface area (Å²) in [5.41, 5.74) is 9.35. The summed E-state index contributed by atoms with van der Waals surface area (Å²) in [5, 5.41) is 0. The third kappa shape index (κ3) is 3.25. The van der Waals surface area contributed by atoms with Crippen LogP contribution in [-0.2, 0) is 0 Å². The largest absolute Gasteiger partial charge is 0.497 e. The van der Waals surface area contributed by atoms with Gasteiger partial charge in [0.25, 0.3) is 0 Å². The van der Waals surface area contributed by atoms with Crippen molar-refractivity contribution in [3.05, 3.63) is 54.1 Å². The maximum Gasteiger partial charge on any atom is 0.119 e. The lowest BCUT2D eigenvalue weighted by Crippen LogP contribution is -2.04. The van der Waals surface area contributed by atoms with E-state index in [0.717, 1.165) is 16.9 Å². The van der Waals surface area contributed by atoms with Gasteiger partial charge in [-0.1, -0.05) is 30.3 Å².